The van der Waals surface area contributed by atoms with Gasteiger partial charge in [-0.05, 0) is 26.7 Å². The predicted molar refractivity (Wildman–Crippen MR) is 90.6 cm³/mol. The van der Waals surface area contributed by atoms with E-state index in [4.69, 9.17) is 9.47 Å². The summed E-state index contributed by atoms with van der Waals surface area (Å²) in [6, 6.07) is 0. The summed E-state index contributed by atoms with van der Waals surface area (Å²) in [6.07, 6.45) is 7.91. The fourth-order valence-corrected chi connectivity index (χ4v) is 2.98. The molecule has 1 aliphatic heterocycles. The number of aliphatic hydroxyl groups is 1. The quantitative estimate of drug-likeness (QED) is 0.419. The number of carbonyl (C=O) groups excluding carboxylic acids is 1. The average Bonchev–Trinajstić information content (AvgIpc) is 2.50. The molecule has 5 nitrogen and oxygen atoms in total. The number of rotatable bonds is 12. The van der Waals surface area contributed by atoms with Crippen molar-refractivity contribution in [2.75, 3.05) is 32.8 Å². The molecule has 1 fully saturated rings. The Labute approximate surface area is 141 Å². The Bertz CT molecular complexity index is 303. The van der Waals surface area contributed by atoms with Crippen LogP contribution in [0.25, 0.3) is 0 Å². The van der Waals surface area contributed by atoms with E-state index in [9.17, 15) is 9.90 Å². The van der Waals surface area contributed by atoms with Crippen molar-refractivity contribution in [2.24, 2.45) is 0 Å². The lowest BCUT2D eigenvalue weighted by atomic mass is 10.1. The van der Waals surface area contributed by atoms with Gasteiger partial charge in [-0.2, -0.15) is 0 Å². The van der Waals surface area contributed by atoms with Crippen LogP contribution in [-0.4, -0.2) is 56.1 Å². The highest BCUT2D eigenvalue weighted by atomic mass is 16.5. The SMILES string of the molecule is CC(C)OC(=O)CCCCCCCC[C@H](O)C[NH+]1CCOCC1. The molecule has 1 rings (SSSR count). The van der Waals surface area contributed by atoms with Crippen LogP contribution in [-0.2, 0) is 14.3 Å². The molecule has 0 aromatic heterocycles. The molecule has 1 saturated heterocycles. The van der Waals surface area contributed by atoms with Crippen LogP contribution in [0.3, 0.4) is 0 Å². The smallest absolute Gasteiger partial charge is 0.306 e. The summed E-state index contributed by atoms with van der Waals surface area (Å²) in [7, 11) is 0. The van der Waals surface area contributed by atoms with Crippen molar-refractivity contribution >= 4 is 5.97 Å². The summed E-state index contributed by atoms with van der Waals surface area (Å²) in [6.45, 7) is 8.33. The Hall–Kier alpha value is -0.650. The van der Waals surface area contributed by atoms with E-state index in [0.29, 0.717) is 6.42 Å². The van der Waals surface area contributed by atoms with Gasteiger partial charge in [-0.25, -0.2) is 0 Å². The number of aliphatic hydroxyl groups excluding tert-OH is 1. The van der Waals surface area contributed by atoms with Gasteiger partial charge in [0.2, 0.25) is 0 Å². The van der Waals surface area contributed by atoms with Crippen molar-refractivity contribution in [3.63, 3.8) is 0 Å². The van der Waals surface area contributed by atoms with Crippen LogP contribution >= 0.6 is 0 Å². The van der Waals surface area contributed by atoms with Crippen LogP contribution in [0.5, 0.6) is 0 Å². The molecule has 0 spiro atoms. The zero-order valence-electron chi connectivity index (χ0n) is 15.0. The minimum absolute atomic E-state index is 0.00627. The monoisotopic (exact) mass is 330 g/mol. The summed E-state index contributed by atoms with van der Waals surface area (Å²) in [5.41, 5.74) is 0. The molecule has 0 radical (unpaired) electrons. The maximum atomic E-state index is 11.4. The molecule has 2 N–H and O–H groups in total. The number of hydrogen-bond acceptors (Lipinski definition) is 4. The number of morpholine rings is 1. The third kappa shape index (κ3) is 11.5. The zero-order chi connectivity index (χ0) is 16.9. The molecular weight excluding hydrogens is 294 g/mol. The van der Waals surface area contributed by atoms with Crippen LogP contribution in [0.2, 0.25) is 0 Å². The Morgan fingerprint density at radius 1 is 1.09 bits per heavy atom. The van der Waals surface area contributed by atoms with E-state index < -0.39 is 0 Å². The average molecular weight is 330 g/mol. The summed E-state index contributed by atoms with van der Waals surface area (Å²) < 4.78 is 10.4. The van der Waals surface area contributed by atoms with Crippen molar-refractivity contribution in [2.45, 2.75) is 77.4 Å². The van der Waals surface area contributed by atoms with Crippen molar-refractivity contribution in [3.05, 3.63) is 0 Å². The molecule has 0 aromatic rings. The van der Waals surface area contributed by atoms with Gasteiger partial charge in [0.1, 0.15) is 25.7 Å². The molecule has 1 atom stereocenters. The number of carbonyl (C=O) groups is 1. The lowest BCUT2D eigenvalue weighted by Gasteiger charge is -2.25. The summed E-state index contributed by atoms with van der Waals surface area (Å²) in [4.78, 5) is 12.8. The first-order valence-corrected chi connectivity index (χ1v) is 9.36. The highest BCUT2D eigenvalue weighted by molar-refractivity contribution is 5.69. The Kier molecular flexibility index (Phi) is 11.3. The first-order chi connectivity index (χ1) is 11.1. The van der Waals surface area contributed by atoms with Gasteiger partial charge in [-0.1, -0.05) is 32.1 Å². The van der Waals surface area contributed by atoms with Gasteiger partial charge in [-0.15, -0.1) is 0 Å². The molecule has 1 heterocycles. The number of quaternary nitrogens is 1. The van der Waals surface area contributed by atoms with Crippen molar-refractivity contribution < 1.29 is 24.3 Å². The number of ether oxygens (including phenoxy) is 2. The lowest BCUT2D eigenvalue weighted by Crippen LogP contribution is -3.15. The third-order valence-corrected chi connectivity index (χ3v) is 4.26. The lowest BCUT2D eigenvalue weighted by molar-refractivity contribution is -0.911. The second-order valence-corrected chi connectivity index (χ2v) is 6.92. The normalized spacial score (nSPS) is 17.4. The van der Waals surface area contributed by atoms with Gasteiger partial charge in [-0.3, -0.25) is 4.79 Å². The van der Waals surface area contributed by atoms with Crippen LogP contribution in [0.1, 0.15) is 65.2 Å². The number of nitrogens with one attached hydrogen (secondary N) is 1. The largest absolute Gasteiger partial charge is 0.463 e. The van der Waals surface area contributed by atoms with Gasteiger partial charge in [0.15, 0.2) is 0 Å². The minimum atomic E-state index is -0.172. The van der Waals surface area contributed by atoms with Crippen molar-refractivity contribution in [1.82, 2.24) is 0 Å². The van der Waals surface area contributed by atoms with Gasteiger partial charge in [0, 0.05) is 6.42 Å². The Morgan fingerprint density at radius 3 is 2.35 bits per heavy atom. The summed E-state index contributed by atoms with van der Waals surface area (Å²) in [5, 5.41) is 10.1. The van der Waals surface area contributed by atoms with Crippen LogP contribution in [0.4, 0.5) is 0 Å². The van der Waals surface area contributed by atoms with E-state index in [1.807, 2.05) is 13.8 Å². The number of esters is 1. The molecule has 0 bridgehead atoms. The van der Waals surface area contributed by atoms with E-state index in [1.165, 1.54) is 24.2 Å². The molecule has 0 aliphatic carbocycles. The topological polar surface area (TPSA) is 60.2 Å². The molecule has 5 heteroatoms. The van der Waals surface area contributed by atoms with E-state index in [-0.39, 0.29) is 18.2 Å². The Morgan fingerprint density at radius 2 is 1.70 bits per heavy atom. The van der Waals surface area contributed by atoms with Gasteiger partial charge < -0.3 is 19.5 Å². The van der Waals surface area contributed by atoms with Crippen molar-refractivity contribution in [1.29, 1.82) is 0 Å². The number of unbranched alkanes of at least 4 members (excludes halogenated alkanes) is 5. The van der Waals surface area contributed by atoms with E-state index in [2.05, 4.69) is 0 Å². The molecule has 1 aliphatic rings. The van der Waals surface area contributed by atoms with E-state index in [1.54, 1.807) is 0 Å². The molecular formula is C18H36NO4+. The number of hydrogen-bond donors (Lipinski definition) is 2. The predicted octanol–water partition coefficient (Wildman–Crippen LogP) is 1.33. The van der Waals surface area contributed by atoms with Gasteiger partial charge >= 0.3 is 5.97 Å². The molecule has 23 heavy (non-hydrogen) atoms. The van der Waals surface area contributed by atoms with Crippen LogP contribution in [0, 0.1) is 0 Å². The molecule has 136 valence electrons. The summed E-state index contributed by atoms with van der Waals surface area (Å²) >= 11 is 0. The fraction of sp³-hybridized carbons (Fsp3) is 0.944. The highest BCUT2D eigenvalue weighted by Crippen LogP contribution is 2.10. The highest BCUT2D eigenvalue weighted by Gasteiger charge is 2.17. The first kappa shape index (κ1) is 20.4. The van der Waals surface area contributed by atoms with E-state index in [0.717, 1.165) is 58.5 Å². The zero-order valence-corrected chi connectivity index (χ0v) is 15.0. The second kappa shape index (κ2) is 12.7. The van der Waals surface area contributed by atoms with Crippen LogP contribution < -0.4 is 4.90 Å². The Balaban J connectivity index is 1.86. The maximum absolute atomic E-state index is 11.4. The minimum Gasteiger partial charge on any atom is -0.463 e. The second-order valence-electron chi connectivity index (χ2n) is 6.92. The van der Waals surface area contributed by atoms with Crippen LogP contribution in [0.15, 0.2) is 0 Å². The standard InChI is InChI=1S/C18H35NO4/c1-16(2)23-18(21)10-8-6-4-3-5-7-9-17(20)15-19-11-13-22-14-12-19/h16-17,20H,3-15H2,1-2H3/p+1/t17-/m0/s1. The third-order valence-electron chi connectivity index (χ3n) is 4.26. The maximum Gasteiger partial charge on any atom is 0.306 e. The molecule has 0 saturated carbocycles. The van der Waals surface area contributed by atoms with Gasteiger partial charge in [0.05, 0.1) is 19.3 Å². The van der Waals surface area contributed by atoms with Crippen molar-refractivity contribution in [3.8, 4) is 0 Å². The molecule has 0 aromatic carbocycles. The van der Waals surface area contributed by atoms with Gasteiger partial charge in [0.25, 0.3) is 0 Å². The fourth-order valence-electron chi connectivity index (χ4n) is 2.98. The molecule has 0 unspecified atom stereocenters. The molecule has 0 amide bonds. The summed E-state index contributed by atoms with van der Waals surface area (Å²) in [5.74, 6) is -0.0752. The van der Waals surface area contributed by atoms with E-state index >= 15 is 0 Å². The first-order valence-electron chi connectivity index (χ1n) is 9.36.